The van der Waals surface area contributed by atoms with Crippen LogP contribution < -0.4 is 4.72 Å². The first-order valence-corrected chi connectivity index (χ1v) is 8.46. The lowest BCUT2D eigenvalue weighted by Gasteiger charge is -2.14. The molecular weight excluding hydrogens is 286 g/mol. The van der Waals surface area contributed by atoms with Crippen molar-refractivity contribution < 1.29 is 8.42 Å². The number of aromatic nitrogens is 2. The van der Waals surface area contributed by atoms with Crippen LogP contribution in [0.15, 0.2) is 35.2 Å². The molecule has 0 aliphatic carbocycles. The van der Waals surface area contributed by atoms with Crippen LogP contribution in [0.3, 0.4) is 0 Å². The van der Waals surface area contributed by atoms with Crippen molar-refractivity contribution in [1.29, 1.82) is 0 Å². The Morgan fingerprint density at radius 3 is 2.48 bits per heavy atom. The SMILES string of the molecule is Cc1n[nH]c(C)c1S(=O)(=O)NC(C)CCc1ccccc1. The molecule has 0 spiro atoms. The highest BCUT2D eigenvalue weighted by Gasteiger charge is 2.23. The minimum Gasteiger partial charge on any atom is -0.281 e. The molecule has 2 aromatic rings. The van der Waals surface area contributed by atoms with Crippen LogP contribution in [0.4, 0.5) is 0 Å². The molecule has 2 rings (SSSR count). The van der Waals surface area contributed by atoms with E-state index in [-0.39, 0.29) is 10.9 Å². The van der Waals surface area contributed by atoms with Crippen molar-refractivity contribution in [3.8, 4) is 0 Å². The van der Waals surface area contributed by atoms with Crippen molar-refractivity contribution in [1.82, 2.24) is 14.9 Å². The zero-order valence-electron chi connectivity index (χ0n) is 12.6. The van der Waals surface area contributed by atoms with E-state index in [1.54, 1.807) is 13.8 Å². The predicted molar refractivity (Wildman–Crippen MR) is 82.6 cm³/mol. The summed E-state index contributed by atoms with van der Waals surface area (Å²) < 4.78 is 27.5. The summed E-state index contributed by atoms with van der Waals surface area (Å²) >= 11 is 0. The van der Waals surface area contributed by atoms with Crippen LogP contribution in [0, 0.1) is 13.8 Å². The third kappa shape index (κ3) is 3.92. The zero-order chi connectivity index (χ0) is 15.5. The summed E-state index contributed by atoms with van der Waals surface area (Å²) in [5, 5.41) is 6.64. The molecule has 0 saturated carbocycles. The molecule has 0 aliphatic heterocycles. The third-order valence-electron chi connectivity index (χ3n) is 3.39. The Hall–Kier alpha value is -1.66. The van der Waals surface area contributed by atoms with Gasteiger partial charge in [0.05, 0.1) is 11.4 Å². The van der Waals surface area contributed by atoms with Gasteiger partial charge in [0.2, 0.25) is 10.0 Å². The highest BCUT2D eigenvalue weighted by molar-refractivity contribution is 7.89. The molecule has 0 aliphatic rings. The summed E-state index contributed by atoms with van der Waals surface area (Å²) in [6.07, 6.45) is 1.59. The first-order valence-electron chi connectivity index (χ1n) is 6.98. The largest absolute Gasteiger partial charge is 0.281 e. The normalized spacial score (nSPS) is 13.3. The van der Waals surface area contributed by atoms with Gasteiger partial charge < -0.3 is 0 Å². The van der Waals surface area contributed by atoms with Gasteiger partial charge in [-0.25, -0.2) is 13.1 Å². The van der Waals surface area contributed by atoms with Gasteiger partial charge >= 0.3 is 0 Å². The second-order valence-corrected chi connectivity index (χ2v) is 6.96. The lowest BCUT2D eigenvalue weighted by Crippen LogP contribution is -2.33. The third-order valence-corrected chi connectivity index (χ3v) is 5.25. The Bertz CT molecular complexity index is 673. The number of sulfonamides is 1. The highest BCUT2D eigenvalue weighted by atomic mass is 32.2. The molecule has 6 heteroatoms. The van der Waals surface area contributed by atoms with E-state index in [1.807, 2.05) is 37.3 Å². The highest BCUT2D eigenvalue weighted by Crippen LogP contribution is 2.17. The number of nitrogens with one attached hydrogen (secondary N) is 2. The van der Waals surface area contributed by atoms with Crippen LogP contribution in [0.2, 0.25) is 0 Å². The number of H-pyrrole nitrogens is 1. The quantitative estimate of drug-likeness (QED) is 0.860. The van der Waals surface area contributed by atoms with Crippen molar-refractivity contribution in [2.24, 2.45) is 0 Å². The lowest BCUT2D eigenvalue weighted by atomic mass is 10.1. The average molecular weight is 307 g/mol. The number of benzene rings is 1. The maximum Gasteiger partial charge on any atom is 0.244 e. The fraction of sp³-hybridized carbons (Fsp3) is 0.400. The molecule has 1 aromatic heterocycles. The number of aromatic amines is 1. The second kappa shape index (κ2) is 6.41. The van der Waals surface area contributed by atoms with Crippen LogP contribution >= 0.6 is 0 Å². The summed E-state index contributed by atoms with van der Waals surface area (Å²) in [7, 11) is -3.53. The van der Waals surface area contributed by atoms with Crippen molar-refractivity contribution in [2.45, 2.75) is 44.6 Å². The minimum atomic E-state index is -3.53. The van der Waals surface area contributed by atoms with E-state index >= 15 is 0 Å². The van der Waals surface area contributed by atoms with Crippen LogP contribution in [0.25, 0.3) is 0 Å². The van der Waals surface area contributed by atoms with E-state index < -0.39 is 10.0 Å². The molecule has 0 saturated heterocycles. The molecule has 1 atom stereocenters. The summed E-state index contributed by atoms with van der Waals surface area (Å²) in [6, 6.07) is 9.91. The van der Waals surface area contributed by atoms with Gasteiger partial charge in [-0.05, 0) is 39.2 Å². The van der Waals surface area contributed by atoms with E-state index in [0.29, 0.717) is 11.4 Å². The first-order chi connectivity index (χ1) is 9.90. The number of aryl methyl sites for hydroxylation is 3. The molecule has 0 bridgehead atoms. The van der Waals surface area contributed by atoms with Gasteiger partial charge in [-0.3, -0.25) is 5.10 Å². The molecular formula is C15H21N3O2S. The molecule has 5 nitrogen and oxygen atoms in total. The molecule has 1 heterocycles. The maximum absolute atomic E-state index is 12.4. The monoisotopic (exact) mass is 307 g/mol. The number of rotatable bonds is 6. The molecule has 1 aromatic carbocycles. The van der Waals surface area contributed by atoms with Gasteiger partial charge in [-0.2, -0.15) is 5.10 Å². The van der Waals surface area contributed by atoms with Gasteiger partial charge in [-0.15, -0.1) is 0 Å². The Morgan fingerprint density at radius 1 is 1.24 bits per heavy atom. The lowest BCUT2D eigenvalue weighted by molar-refractivity contribution is 0.546. The van der Waals surface area contributed by atoms with Gasteiger partial charge in [-0.1, -0.05) is 30.3 Å². The van der Waals surface area contributed by atoms with Crippen LogP contribution in [-0.2, 0) is 16.4 Å². The van der Waals surface area contributed by atoms with Crippen molar-refractivity contribution in [3.05, 3.63) is 47.3 Å². The van der Waals surface area contributed by atoms with Crippen molar-refractivity contribution in [3.63, 3.8) is 0 Å². The van der Waals surface area contributed by atoms with Gasteiger partial charge in [0.25, 0.3) is 0 Å². The topological polar surface area (TPSA) is 74.8 Å². The van der Waals surface area contributed by atoms with Crippen molar-refractivity contribution in [2.75, 3.05) is 0 Å². The number of nitrogens with zero attached hydrogens (tertiary/aromatic N) is 1. The first kappa shape index (κ1) is 15.7. The zero-order valence-corrected chi connectivity index (χ0v) is 13.4. The minimum absolute atomic E-state index is 0.135. The summed E-state index contributed by atoms with van der Waals surface area (Å²) in [5.41, 5.74) is 2.27. The Labute approximate surface area is 125 Å². The molecule has 0 radical (unpaired) electrons. The maximum atomic E-state index is 12.4. The molecule has 114 valence electrons. The summed E-state index contributed by atoms with van der Waals surface area (Å²) in [6.45, 7) is 5.28. The van der Waals surface area contributed by atoms with Gasteiger partial charge in [0.15, 0.2) is 0 Å². The molecule has 21 heavy (non-hydrogen) atoms. The predicted octanol–water partition coefficient (Wildman–Crippen LogP) is 2.33. The van der Waals surface area contributed by atoms with E-state index in [2.05, 4.69) is 14.9 Å². The fourth-order valence-corrected chi connectivity index (χ4v) is 4.00. The molecule has 1 unspecified atom stereocenters. The second-order valence-electron chi connectivity index (χ2n) is 5.31. The summed E-state index contributed by atoms with van der Waals surface area (Å²) in [5.74, 6) is 0. The van der Waals surface area contributed by atoms with Crippen LogP contribution in [-0.4, -0.2) is 24.7 Å². The van der Waals surface area contributed by atoms with Crippen LogP contribution in [0.5, 0.6) is 0 Å². The molecule has 2 N–H and O–H groups in total. The van der Waals surface area contributed by atoms with Gasteiger partial charge in [0, 0.05) is 6.04 Å². The van der Waals surface area contributed by atoms with E-state index in [9.17, 15) is 8.42 Å². The fourth-order valence-electron chi connectivity index (χ4n) is 2.35. The standard InChI is InChI=1S/C15H21N3O2S/c1-11(9-10-14-7-5-4-6-8-14)18-21(19,20)15-12(2)16-17-13(15)3/h4-8,11,18H,9-10H2,1-3H3,(H,16,17). The summed E-state index contributed by atoms with van der Waals surface area (Å²) in [4.78, 5) is 0.258. The Balaban J connectivity index is 2.00. The number of hydrogen-bond acceptors (Lipinski definition) is 3. The van der Waals surface area contributed by atoms with E-state index in [1.165, 1.54) is 5.56 Å². The average Bonchev–Trinajstić information content (AvgIpc) is 2.77. The number of hydrogen-bond donors (Lipinski definition) is 2. The molecule has 0 amide bonds. The smallest absolute Gasteiger partial charge is 0.244 e. The van der Waals surface area contributed by atoms with E-state index in [0.717, 1.165) is 12.8 Å². The van der Waals surface area contributed by atoms with Crippen LogP contribution in [0.1, 0.15) is 30.3 Å². The molecule has 0 fully saturated rings. The van der Waals surface area contributed by atoms with Gasteiger partial charge in [0.1, 0.15) is 4.90 Å². The van der Waals surface area contributed by atoms with Crippen molar-refractivity contribution >= 4 is 10.0 Å². The Kier molecular flexibility index (Phi) is 4.80. The Morgan fingerprint density at radius 2 is 1.90 bits per heavy atom. The van der Waals surface area contributed by atoms with E-state index in [4.69, 9.17) is 0 Å².